The molecule has 0 aliphatic rings. The summed E-state index contributed by atoms with van der Waals surface area (Å²) in [4.78, 5) is 4.50. The van der Waals surface area contributed by atoms with Gasteiger partial charge in [0.15, 0.2) is 0 Å². The Morgan fingerprint density at radius 2 is 1.87 bits per heavy atom. The quantitative estimate of drug-likeness (QED) is 0.727. The van der Waals surface area contributed by atoms with Crippen molar-refractivity contribution in [3.05, 3.63) is 35.9 Å². The lowest BCUT2D eigenvalue weighted by molar-refractivity contribution is 0.828. The van der Waals surface area contributed by atoms with Gasteiger partial charge in [0.2, 0.25) is 0 Å². The Kier molecular flexibility index (Phi) is 2.51. The SMILES string of the molecule is CC(C)c1cccn2cnc(C(C)C)c12. The van der Waals surface area contributed by atoms with Gasteiger partial charge in [-0.3, -0.25) is 0 Å². The molecule has 0 saturated heterocycles. The highest BCUT2D eigenvalue weighted by Gasteiger charge is 2.13. The zero-order chi connectivity index (χ0) is 11.0. The Morgan fingerprint density at radius 3 is 2.47 bits per heavy atom. The lowest BCUT2D eigenvalue weighted by atomic mass is 9.99. The maximum atomic E-state index is 4.50. The molecule has 0 amide bonds. The summed E-state index contributed by atoms with van der Waals surface area (Å²) in [7, 11) is 0. The van der Waals surface area contributed by atoms with Crippen molar-refractivity contribution in [1.29, 1.82) is 0 Å². The van der Waals surface area contributed by atoms with Crippen LogP contribution in [0.3, 0.4) is 0 Å². The average molecular weight is 202 g/mol. The van der Waals surface area contributed by atoms with E-state index >= 15 is 0 Å². The summed E-state index contributed by atoms with van der Waals surface area (Å²) in [6.07, 6.45) is 3.98. The molecule has 0 aliphatic heterocycles. The molecule has 2 heterocycles. The first kappa shape index (κ1) is 10.2. The molecule has 2 rings (SSSR count). The van der Waals surface area contributed by atoms with E-state index < -0.39 is 0 Å². The second kappa shape index (κ2) is 3.69. The molecule has 0 bridgehead atoms. The predicted molar refractivity (Wildman–Crippen MR) is 63.4 cm³/mol. The number of fused-ring (bicyclic) bond motifs is 1. The first-order chi connectivity index (χ1) is 7.11. The van der Waals surface area contributed by atoms with Gasteiger partial charge in [0, 0.05) is 6.20 Å². The van der Waals surface area contributed by atoms with E-state index in [1.54, 1.807) is 0 Å². The number of imidazole rings is 1. The first-order valence-electron chi connectivity index (χ1n) is 5.56. The normalized spacial score (nSPS) is 11.9. The summed E-state index contributed by atoms with van der Waals surface area (Å²) in [5, 5.41) is 0. The molecule has 0 atom stereocenters. The minimum absolute atomic E-state index is 0.481. The zero-order valence-corrected chi connectivity index (χ0v) is 9.86. The van der Waals surface area contributed by atoms with Gasteiger partial charge in [-0.2, -0.15) is 0 Å². The summed E-state index contributed by atoms with van der Waals surface area (Å²) in [5.41, 5.74) is 3.89. The fourth-order valence-corrected chi connectivity index (χ4v) is 1.99. The summed E-state index contributed by atoms with van der Waals surface area (Å²) in [5.74, 6) is 1.03. The fraction of sp³-hybridized carbons (Fsp3) is 0.462. The lowest BCUT2D eigenvalue weighted by Crippen LogP contribution is -1.96. The van der Waals surface area contributed by atoms with E-state index in [1.807, 2.05) is 6.33 Å². The van der Waals surface area contributed by atoms with E-state index in [4.69, 9.17) is 0 Å². The molecular formula is C13H18N2. The molecule has 2 aromatic rings. The third-order valence-electron chi connectivity index (χ3n) is 2.79. The molecule has 0 unspecified atom stereocenters. The zero-order valence-electron chi connectivity index (χ0n) is 9.86. The van der Waals surface area contributed by atoms with Crippen molar-refractivity contribution in [2.24, 2.45) is 0 Å². The number of pyridine rings is 1. The monoisotopic (exact) mass is 202 g/mol. The van der Waals surface area contributed by atoms with Crippen LogP contribution in [0.25, 0.3) is 5.52 Å². The molecule has 0 aliphatic carbocycles. The van der Waals surface area contributed by atoms with Crippen LogP contribution in [0.15, 0.2) is 24.7 Å². The minimum atomic E-state index is 0.481. The van der Waals surface area contributed by atoms with Crippen molar-refractivity contribution in [3.8, 4) is 0 Å². The second-order valence-corrected chi connectivity index (χ2v) is 4.66. The van der Waals surface area contributed by atoms with E-state index in [9.17, 15) is 0 Å². The average Bonchev–Trinajstić information content (AvgIpc) is 2.60. The van der Waals surface area contributed by atoms with Crippen molar-refractivity contribution < 1.29 is 0 Å². The fourth-order valence-electron chi connectivity index (χ4n) is 1.99. The maximum absolute atomic E-state index is 4.50. The van der Waals surface area contributed by atoms with Crippen molar-refractivity contribution in [3.63, 3.8) is 0 Å². The Morgan fingerprint density at radius 1 is 1.13 bits per heavy atom. The predicted octanol–water partition coefficient (Wildman–Crippen LogP) is 3.58. The maximum Gasteiger partial charge on any atom is 0.0995 e. The van der Waals surface area contributed by atoms with Gasteiger partial charge in [0.1, 0.15) is 0 Å². The van der Waals surface area contributed by atoms with Crippen LogP contribution in [-0.4, -0.2) is 9.38 Å². The summed E-state index contributed by atoms with van der Waals surface area (Å²) >= 11 is 0. The van der Waals surface area contributed by atoms with Crippen LogP contribution in [0.2, 0.25) is 0 Å². The van der Waals surface area contributed by atoms with Crippen molar-refractivity contribution in [2.45, 2.75) is 39.5 Å². The second-order valence-electron chi connectivity index (χ2n) is 4.66. The number of nitrogens with zero attached hydrogens (tertiary/aromatic N) is 2. The van der Waals surface area contributed by atoms with Gasteiger partial charge in [-0.1, -0.05) is 33.8 Å². The van der Waals surface area contributed by atoms with Crippen LogP contribution in [-0.2, 0) is 0 Å². The molecule has 0 spiro atoms. The number of aromatic nitrogens is 2. The molecule has 0 fully saturated rings. The molecule has 80 valence electrons. The van der Waals surface area contributed by atoms with Gasteiger partial charge in [0.05, 0.1) is 17.5 Å². The van der Waals surface area contributed by atoms with Crippen LogP contribution in [0.1, 0.15) is 50.8 Å². The Hall–Kier alpha value is -1.31. The Labute approximate surface area is 91.0 Å². The molecule has 2 nitrogen and oxygen atoms in total. The molecule has 0 N–H and O–H groups in total. The highest BCUT2D eigenvalue weighted by molar-refractivity contribution is 5.61. The first-order valence-corrected chi connectivity index (χ1v) is 5.56. The molecule has 0 radical (unpaired) electrons. The van der Waals surface area contributed by atoms with Gasteiger partial charge < -0.3 is 4.40 Å². The van der Waals surface area contributed by atoms with E-state index in [1.165, 1.54) is 16.8 Å². The molecule has 15 heavy (non-hydrogen) atoms. The van der Waals surface area contributed by atoms with Crippen LogP contribution in [0, 0.1) is 0 Å². The number of hydrogen-bond acceptors (Lipinski definition) is 1. The molecule has 0 aromatic carbocycles. The van der Waals surface area contributed by atoms with Gasteiger partial charge in [-0.15, -0.1) is 0 Å². The van der Waals surface area contributed by atoms with Crippen LogP contribution in [0.5, 0.6) is 0 Å². The minimum Gasteiger partial charge on any atom is -0.306 e. The van der Waals surface area contributed by atoms with E-state index in [-0.39, 0.29) is 0 Å². The van der Waals surface area contributed by atoms with Crippen LogP contribution < -0.4 is 0 Å². The lowest BCUT2D eigenvalue weighted by Gasteiger charge is -2.10. The Balaban J connectivity index is 2.75. The van der Waals surface area contributed by atoms with Gasteiger partial charge >= 0.3 is 0 Å². The van der Waals surface area contributed by atoms with Gasteiger partial charge in [-0.05, 0) is 23.5 Å². The topological polar surface area (TPSA) is 17.3 Å². The Bertz CT molecular complexity index is 466. The number of hydrogen-bond donors (Lipinski definition) is 0. The smallest absolute Gasteiger partial charge is 0.0995 e. The van der Waals surface area contributed by atoms with Crippen LogP contribution in [0.4, 0.5) is 0 Å². The highest BCUT2D eigenvalue weighted by atomic mass is 15.0. The summed E-state index contributed by atoms with van der Waals surface area (Å²) in [6.45, 7) is 8.85. The standard InChI is InChI=1S/C13H18N2/c1-9(2)11-6-5-7-15-8-14-12(10(3)4)13(11)15/h5-10H,1-4H3. The molecule has 0 saturated carbocycles. The number of rotatable bonds is 2. The summed E-state index contributed by atoms with van der Waals surface area (Å²) < 4.78 is 2.13. The summed E-state index contributed by atoms with van der Waals surface area (Å²) in [6, 6.07) is 4.29. The molecule has 2 heteroatoms. The largest absolute Gasteiger partial charge is 0.306 e. The molecular weight excluding hydrogens is 184 g/mol. The van der Waals surface area contributed by atoms with Crippen LogP contribution >= 0.6 is 0 Å². The third-order valence-corrected chi connectivity index (χ3v) is 2.79. The van der Waals surface area contributed by atoms with Crippen molar-refractivity contribution in [1.82, 2.24) is 9.38 Å². The van der Waals surface area contributed by atoms with E-state index in [0.29, 0.717) is 11.8 Å². The van der Waals surface area contributed by atoms with Gasteiger partial charge in [0.25, 0.3) is 0 Å². The molecule has 2 aromatic heterocycles. The van der Waals surface area contributed by atoms with Crippen molar-refractivity contribution in [2.75, 3.05) is 0 Å². The van der Waals surface area contributed by atoms with Crippen molar-refractivity contribution >= 4 is 5.52 Å². The third kappa shape index (κ3) is 1.65. The van der Waals surface area contributed by atoms with E-state index in [0.717, 1.165) is 0 Å². The van der Waals surface area contributed by atoms with Gasteiger partial charge in [-0.25, -0.2) is 4.98 Å². The highest BCUT2D eigenvalue weighted by Crippen LogP contribution is 2.26. The van der Waals surface area contributed by atoms with E-state index in [2.05, 4.69) is 55.4 Å².